The lowest BCUT2D eigenvalue weighted by Crippen LogP contribution is -2.30. The smallest absolute Gasteiger partial charge is 0.417 e. The molecule has 0 heterocycles. The molecule has 2 unspecified atom stereocenters. The van der Waals surface area contributed by atoms with Gasteiger partial charge in [0.2, 0.25) is 0 Å². The number of alkyl halides is 3. The average molecular weight is 620 g/mol. The van der Waals surface area contributed by atoms with Crippen molar-refractivity contribution in [2.45, 2.75) is 49.9 Å². The van der Waals surface area contributed by atoms with Crippen molar-refractivity contribution in [3.63, 3.8) is 0 Å². The van der Waals surface area contributed by atoms with Gasteiger partial charge in [0.15, 0.2) is 9.84 Å². The minimum atomic E-state index is -4.61. The molecule has 3 rings (SSSR count). The lowest BCUT2D eigenvalue weighted by atomic mass is 10.00. The molecule has 224 valence electrons. The standard InChI is InChI=1S/C29H31ClF5NO4S/c1-18(20-8-10-22(31)11-9-20)16-36(17-21-6-4-7-24(28(21)30)29(33,34)35)12-5-13-40-23-14-25(32)27(19(2)37)26(15-23)41(3,38)39/h4,6-11,14-15,18-19,37H,5,12-13,16-17H2,1-3H3. The Kier molecular flexibility index (Phi) is 10.8. The number of nitrogens with zero attached hydrogens (tertiary/aromatic N) is 1. The zero-order valence-corrected chi connectivity index (χ0v) is 24.3. The molecule has 0 aromatic heterocycles. The largest absolute Gasteiger partial charge is 0.493 e. The Bertz CT molecular complexity index is 1450. The van der Waals surface area contributed by atoms with E-state index >= 15 is 0 Å². The molecule has 3 aromatic rings. The molecule has 0 aliphatic rings. The van der Waals surface area contributed by atoms with Crippen molar-refractivity contribution in [3.8, 4) is 5.75 Å². The van der Waals surface area contributed by atoms with E-state index in [2.05, 4.69) is 0 Å². The van der Waals surface area contributed by atoms with Gasteiger partial charge in [0.25, 0.3) is 0 Å². The van der Waals surface area contributed by atoms with Gasteiger partial charge in [0.1, 0.15) is 17.4 Å². The van der Waals surface area contributed by atoms with Crippen molar-refractivity contribution < 1.29 is 40.2 Å². The fraction of sp³-hybridized carbons (Fsp3) is 0.379. The van der Waals surface area contributed by atoms with E-state index in [0.29, 0.717) is 19.5 Å². The van der Waals surface area contributed by atoms with Gasteiger partial charge in [0.05, 0.1) is 28.2 Å². The maximum atomic E-state index is 14.6. The highest BCUT2D eigenvalue weighted by Crippen LogP contribution is 2.37. The van der Waals surface area contributed by atoms with Crippen molar-refractivity contribution in [3.05, 3.63) is 93.5 Å². The molecule has 0 aliphatic heterocycles. The molecular weight excluding hydrogens is 589 g/mol. The van der Waals surface area contributed by atoms with Crippen LogP contribution < -0.4 is 4.74 Å². The normalized spacial score (nSPS) is 13.8. The molecule has 0 saturated carbocycles. The Balaban J connectivity index is 1.78. The molecule has 1 N–H and O–H groups in total. The Hall–Kier alpha value is -2.73. The predicted octanol–water partition coefficient (Wildman–Crippen LogP) is 7.17. The average Bonchev–Trinajstić information content (AvgIpc) is 2.86. The molecule has 2 atom stereocenters. The first kappa shape index (κ1) is 32.8. The Morgan fingerprint density at radius 2 is 1.71 bits per heavy atom. The van der Waals surface area contributed by atoms with E-state index in [1.165, 1.54) is 31.2 Å². The van der Waals surface area contributed by atoms with E-state index in [0.717, 1.165) is 30.0 Å². The Labute approximate surface area is 241 Å². The highest BCUT2D eigenvalue weighted by atomic mass is 35.5. The van der Waals surface area contributed by atoms with Crippen molar-refractivity contribution in [1.82, 2.24) is 4.90 Å². The lowest BCUT2D eigenvalue weighted by Gasteiger charge is -2.27. The van der Waals surface area contributed by atoms with Crippen LogP contribution >= 0.6 is 11.6 Å². The molecule has 12 heteroatoms. The summed E-state index contributed by atoms with van der Waals surface area (Å²) in [5.41, 5.74) is -0.165. The van der Waals surface area contributed by atoms with Crippen molar-refractivity contribution in [2.75, 3.05) is 26.0 Å². The second-order valence-electron chi connectivity index (χ2n) is 9.93. The summed E-state index contributed by atoms with van der Waals surface area (Å²) in [6, 6.07) is 11.8. The van der Waals surface area contributed by atoms with Crippen LogP contribution in [0, 0.1) is 11.6 Å². The second-order valence-corrected chi connectivity index (χ2v) is 12.3. The molecule has 0 spiro atoms. The summed E-state index contributed by atoms with van der Waals surface area (Å²) in [5, 5.41) is 9.45. The van der Waals surface area contributed by atoms with E-state index < -0.39 is 38.5 Å². The van der Waals surface area contributed by atoms with E-state index in [4.69, 9.17) is 16.3 Å². The van der Waals surface area contributed by atoms with Gasteiger partial charge < -0.3 is 9.84 Å². The van der Waals surface area contributed by atoms with Gasteiger partial charge in [-0.25, -0.2) is 17.2 Å². The zero-order valence-electron chi connectivity index (χ0n) is 22.7. The third-order valence-electron chi connectivity index (χ3n) is 6.52. The van der Waals surface area contributed by atoms with Crippen molar-refractivity contribution in [2.24, 2.45) is 0 Å². The summed E-state index contributed by atoms with van der Waals surface area (Å²) in [6.07, 6.45) is -4.72. The molecular formula is C29H31ClF5NO4S. The van der Waals surface area contributed by atoms with Crippen LogP contribution in [0.15, 0.2) is 59.5 Å². The summed E-state index contributed by atoms with van der Waals surface area (Å²) in [4.78, 5) is 1.51. The molecule has 0 fully saturated rings. The van der Waals surface area contributed by atoms with Gasteiger partial charge in [-0.2, -0.15) is 13.2 Å². The third-order valence-corrected chi connectivity index (χ3v) is 8.10. The van der Waals surface area contributed by atoms with Crippen LogP contribution in [0.25, 0.3) is 0 Å². The summed E-state index contributed by atoms with van der Waals surface area (Å²) in [5.74, 6) is -1.46. The first-order chi connectivity index (χ1) is 19.1. The van der Waals surface area contributed by atoms with Crippen LogP contribution in [0.4, 0.5) is 22.0 Å². The maximum Gasteiger partial charge on any atom is 0.417 e. The molecule has 5 nitrogen and oxygen atoms in total. The SMILES string of the molecule is CC(O)c1c(F)cc(OCCCN(Cc2cccc(C(F)(F)F)c2Cl)CC(C)c2ccc(F)cc2)cc1S(C)(=O)=O. The number of hydrogen-bond acceptors (Lipinski definition) is 5. The molecule has 0 radical (unpaired) electrons. The van der Waals surface area contributed by atoms with Crippen molar-refractivity contribution >= 4 is 21.4 Å². The third kappa shape index (κ3) is 8.88. The highest BCUT2D eigenvalue weighted by Gasteiger charge is 2.34. The van der Waals surface area contributed by atoms with E-state index in [-0.39, 0.29) is 46.7 Å². The summed E-state index contributed by atoms with van der Waals surface area (Å²) in [7, 11) is -3.87. The number of halogens is 6. The van der Waals surface area contributed by atoms with Gasteiger partial charge in [0, 0.05) is 37.5 Å². The molecule has 0 aliphatic carbocycles. The van der Waals surface area contributed by atoms with Crippen molar-refractivity contribution in [1.29, 1.82) is 0 Å². The quantitative estimate of drug-likeness (QED) is 0.172. The van der Waals surface area contributed by atoms with E-state index in [9.17, 15) is 35.5 Å². The first-order valence-corrected chi connectivity index (χ1v) is 15.0. The van der Waals surface area contributed by atoms with Crippen LogP contribution in [0.3, 0.4) is 0 Å². The van der Waals surface area contributed by atoms with E-state index in [1.807, 2.05) is 11.8 Å². The number of aliphatic hydroxyl groups excluding tert-OH is 1. The lowest BCUT2D eigenvalue weighted by molar-refractivity contribution is -0.137. The number of sulfone groups is 1. The summed E-state index contributed by atoms with van der Waals surface area (Å²) in [6.45, 7) is 4.02. The fourth-order valence-electron chi connectivity index (χ4n) is 4.52. The van der Waals surface area contributed by atoms with Crippen LogP contribution in [0.5, 0.6) is 5.75 Å². The zero-order chi connectivity index (χ0) is 30.5. The topological polar surface area (TPSA) is 66.8 Å². The van der Waals surface area contributed by atoms with E-state index in [1.54, 1.807) is 12.1 Å². The molecule has 0 amide bonds. The number of rotatable bonds is 12. The van der Waals surface area contributed by atoms with Crippen LogP contribution in [-0.4, -0.2) is 44.4 Å². The molecule has 3 aromatic carbocycles. The summed E-state index contributed by atoms with van der Waals surface area (Å²) < 4.78 is 98.2. The van der Waals surface area contributed by atoms with Crippen LogP contribution in [-0.2, 0) is 22.6 Å². The van der Waals surface area contributed by atoms with Crippen LogP contribution in [0.2, 0.25) is 5.02 Å². The maximum absolute atomic E-state index is 14.6. The highest BCUT2D eigenvalue weighted by molar-refractivity contribution is 7.90. The predicted molar refractivity (Wildman–Crippen MR) is 147 cm³/mol. The van der Waals surface area contributed by atoms with Crippen LogP contribution in [0.1, 0.15) is 54.5 Å². The number of benzene rings is 3. The van der Waals surface area contributed by atoms with Gasteiger partial charge >= 0.3 is 6.18 Å². The number of ether oxygens (including phenoxy) is 1. The fourth-order valence-corrected chi connectivity index (χ4v) is 5.81. The van der Waals surface area contributed by atoms with Gasteiger partial charge in [-0.15, -0.1) is 0 Å². The second kappa shape index (κ2) is 13.5. The molecule has 0 saturated heterocycles. The van der Waals surface area contributed by atoms with Gasteiger partial charge in [-0.1, -0.05) is 42.8 Å². The summed E-state index contributed by atoms with van der Waals surface area (Å²) >= 11 is 6.14. The van der Waals surface area contributed by atoms with Gasteiger partial charge in [-0.3, -0.25) is 4.90 Å². The monoisotopic (exact) mass is 619 g/mol. The minimum Gasteiger partial charge on any atom is -0.493 e. The minimum absolute atomic E-state index is 0.0361. The Morgan fingerprint density at radius 3 is 2.29 bits per heavy atom. The number of aliphatic hydroxyl groups is 1. The molecule has 41 heavy (non-hydrogen) atoms. The number of hydrogen-bond donors (Lipinski definition) is 1. The molecule has 0 bridgehead atoms. The van der Waals surface area contributed by atoms with Gasteiger partial charge in [-0.05, 0) is 54.7 Å². The first-order valence-electron chi connectivity index (χ1n) is 12.7. The Morgan fingerprint density at radius 1 is 1.05 bits per heavy atom.